The molecule has 0 spiro atoms. The maximum Gasteiger partial charge on any atom is 0.228 e. The lowest BCUT2D eigenvalue weighted by Gasteiger charge is -2.37. The van der Waals surface area contributed by atoms with Gasteiger partial charge in [0.25, 0.3) is 0 Å². The molecule has 4 rings (SSSR count). The molecule has 0 saturated carbocycles. The molecule has 2 unspecified atom stereocenters. The van der Waals surface area contributed by atoms with Crippen molar-refractivity contribution in [1.82, 2.24) is 4.90 Å². The van der Waals surface area contributed by atoms with Gasteiger partial charge in [-0.3, -0.25) is 9.69 Å². The maximum atomic E-state index is 13.4. The highest BCUT2D eigenvalue weighted by atomic mass is 35.5. The molecule has 3 aromatic rings. The van der Waals surface area contributed by atoms with Crippen LogP contribution >= 0.6 is 11.6 Å². The lowest BCUT2D eigenvalue weighted by atomic mass is 9.84. The van der Waals surface area contributed by atoms with Crippen LogP contribution in [0, 0.1) is 5.92 Å². The van der Waals surface area contributed by atoms with Crippen LogP contribution in [0.5, 0.6) is 11.5 Å². The fraction of sp³-hybridized carbons (Fsp3) is 0.296. The Balaban J connectivity index is 1.55. The molecule has 33 heavy (non-hydrogen) atoms. The summed E-state index contributed by atoms with van der Waals surface area (Å²) in [6, 6.07) is 23.7. The molecule has 1 N–H and O–H groups in total. The van der Waals surface area contributed by atoms with Crippen LogP contribution in [-0.4, -0.2) is 38.1 Å². The third kappa shape index (κ3) is 5.67. The van der Waals surface area contributed by atoms with Gasteiger partial charge in [0.05, 0.1) is 25.8 Å². The number of hydrogen-bond acceptors (Lipinski definition) is 4. The third-order valence-electron chi connectivity index (χ3n) is 6.19. The van der Waals surface area contributed by atoms with E-state index in [4.69, 9.17) is 21.1 Å². The number of rotatable bonds is 7. The second-order valence-corrected chi connectivity index (χ2v) is 8.79. The fourth-order valence-corrected chi connectivity index (χ4v) is 4.68. The number of likely N-dealkylation sites (tertiary alicyclic amines) is 1. The van der Waals surface area contributed by atoms with Crippen LogP contribution in [0.25, 0.3) is 0 Å². The zero-order valence-corrected chi connectivity index (χ0v) is 19.7. The van der Waals surface area contributed by atoms with Crippen molar-refractivity contribution in [3.05, 3.63) is 88.9 Å². The number of piperidine rings is 1. The van der Waals surface area contributed by atoms with E-state index >= 15 is 0 Å². The molecule has 1 aliphatic rings. The quantitative estimate of drug-likeness (QED) is 0.494. The summed E-state index contributed by atoms with van der Waals surface area (Å²) in [4.78, 5) is 15.7. The lowest BCUT2D eigenvalue weighted by Crippen LogP contribution is -2.43. The molecule has 5 nitrogen and oxygen atoms in total. The zero-order chi connectivity index (χ0) is 23.2. The van der Waals surface area contributed by atoms with Crippen LogP contribution in [0.15, 0.2) is 72.8 Å². The molecule has 6 heteroatoms. The highest BCUT2D eigenvalue weighted by molar-refractivity contribution is 6.31. The Bertz CT molecular complexity index is 1090. The van der Waals surface area contributed by atoms with Gasteiger partial charge in [-0.1, -0.05) is 60.1 Å². The number of benzene rings is 3. The molecular weight excluding hydrogens is 436 g/mol. The van der Waals surface area contributed by atoms with Gasteiger partial charge >= 0.3 is 0 Å². The maximum absolute atomic E-state index is 13.4. The topological polar surface area (TPSA) is 50.8 Å². The van der Waals surface area contributed by atoms with Crippen molar-refractivity contribution in [1.29, 1.82) is 0 Å². The zero-order valence-electron chi connectivity index (χ0n) is 19.0. The Labute approximate surface area is 200 Å². The minimum Gasteiger partial charge on any atom is -0.497 e. The first kappa shape index (κ1) is 23.1. The average Bonchev–Trinajstić information content (AvgIpc) is 2.86. The summed E-state index contributed by atoms with van der Waals surface area (Å²) >= 11 is 6.43. The van der Waals surface area contributed by atoms with Gasteiger partial charge in [-0.25, -0.2) is 0 Å². The summed E-state index contributed by atoms with van der Waals surface area (Å²) in [7, 11) is 3.19. The Kier molecular flexibility index (Phi) is 7.53. The second-order valence-electron chi connectivity index (χ2n) is 8.38. The summed E-state index contributed by atoms with van der Waals surface area (Å²) in [5.74, 6) is 1.33. The van der Waals surface area contributed by atoms with Gasteiger partial charge in [-0.05, 0) is 41.7 Å². The van der Waals surface area contributed by atoms with Crippen LogP contribution in [0.3, 0.4) is 0 Å². The molecule has 1 amide bonds. The van der Waals surface area contributed by atoms with E-state index in [9.17, 15) is 4.79 Å². The molecule has 0 aromatic heterocycles. The number of hydrogen-bond donors (Lipinski definition) is 1. The summed E-state index contributed by atoms with van der Waals surface area (Å²) in [5, 5.41) is 3.83. The van der Waals surface area contributed by atoms with Crippen molar-refractivity contribution in [3.63, 3.8) is 0 Å². The van der Waals surface area contributed by atoms with Gasteiger partial charge in [0.2, 0.25) is 5.91 Å². The summed E-state index contributed by atoms with van der Waals surface area (Å²) in [5.41, 5.74) is 2.97. The monoisotopic (exact) mass is 464 g/mol. The number of anilines is 1. The number of methoxy groups -OCH3 is 2. The Morgan fingerprint density at radius 2 is 1.76 bits per heavy atom. The molecule has 1 fully saturated rings. The van der Waals surface area contributed by atoms with Crippen molar-refractivity contribution >= 4 is 23.2 Å². The van der Waals surface area contributed by atoms with E-state index in [1.54, 1.807) is 20.3 Å². The smallest absolute Gasteiger partial charge is 0.228 e. The number of nitrogens with zero attached hydrogens (tertiary/aromatic N) is 1. The largest absolute Gasteiger partial charge is 0.497 e. The van der Waals surface area contributed by atoms with Crippen molar-refractivity contribution in [2.24, 2.45) is 5.92 Å². The Morgan fingerprint density at radius 1 is 1.00 bits per heavy atom. The molecule has 172 valence electrons. The average molecular weight is 465 g/mol. The predicted molar refractivity (Wildman–Crippen MR) is 132 cm³/mol. The lowest BCUT2D eigenvalue weighted by molar-refractivity contribution is -0.121. The molecule has 0 radical (unpaired) electrons. The number of ether oxygens (including phenoxy) is 2. The number of amides is 1. The first-order chi connectivity index (χ1) is 16.1. The Morgan fingerprint density at radius 3 is 2.48 bits per heavy atom. The molecular formula is C27H29ClN2O3. The van der Waals surface area contributed by atoms with E-state index in [2.05, 4.69) is 34.5 Å². The van der Waals surface area contributed by atoms with Crippen LogP contribution in [0.4, 0.5) is 5.69 Å². The molecule has 3 aromatic carbocycles. The van der Waals surface area contributed by atoms with Crippen molar-refractivity contribution in [2.45, 2.75) is 18.9 Å². The summed E-state index contributed by atoms with van der Waals surface area (Å²) in [6.07, 6.45) is 0.785. The first-order valence-corrected chi connectivity index (χ1v) is 11.5. The van der Waals surface area contributed by atoms with Crippen molar-refractivity contribution < 1.29 is 14.3 Å². The molecule has 2 atom stereocenters. The molecule has 1 heterocycles. The van der Waals surface area contributed by atoms with Gasteiger partial charge in [0.1, 0.15) is 11.5 Å². The summed E-state index contributed by atoms with van der Waals surface area (Å²) in [6.45, 7) is 2.25. The minimum atomic E-state index is -0.168. The molecule has 1 saturated heterocycles. The minimum absolute atomic E-state index is 0.0109. The number of carbonyl (C=O) groups excluding carboxylic acids is 1. The predicted octanol–water partition coefficient (Wildman–Crippen LogP) is 5.60. The van der Waals surface area contributed by atoms with Crippen LogP contribution in [0.2, 0.25) is 5.02 Å². The number of halogens is 1. The SMILES string of the molecule is COc1ccc(NC(=O)C2CC(c3ccccc3)CN(Cc3ccccc3Cl)C2)c(OC)c1. The normalized spacial score (nSPS) is 18.5. The van der Waals surface area contributed by atoms with Gasteiger partial charge in [-0.2, -0.15) is 0 Å². The van der Waals surface area contributed by atoms with Gasteiger partial charge < -0.3 is 14.8 Å². The van der Waals surface area contributed by atoms with Crippen molar-refractivity contribution in [3.8, 4) is 11.5 Å². The highest BCUT2D eigenvalue weighted by Crippen LogP contribution is 2.34. The molecule has 0 aliphatic carbocycles. The Hall–Kier alpha value is -3.02. The van der Waals surface area contributed by atoms with Gasteiger partial charge in [0, 0.05) is 30.7 Å². The van der Waals surface area contributed by atoms with Gasteiger partial charge in [-0.15, -0.1) is 0 Å². The standard InChI is InChI=1S/C27H29ClN2O3/c1-32-23-12-13-25(26(15-23)33-2)29-27(31)22-14-21(19-8-4-3-5-9-19)17-30(18-22)16-20-10-6-7-11-24(20)28/h3-13,15,21-22H,14,16-18H2,1-2H3,(H,29,31). The second kappa shape index (κ2) is 10.7. The summed E-state index contributed by atoms with van der Waals surface area (Å²) < 4.78 is 10.7. The van der Waals surface area contributed by atoms with Crippen LogP contribution < -0.4 is 14.8 Å². The molecule has 0 bridgehead atoms. The van der Waals surface area contributed by atoms with E-state index in [-0.39, 0.29) is 17.7 Å². The van der Waals surface area contributed by atoms with E-state index in [0.29, 0.717) is 30.3 Å². The number of nitrogens with one attached hydrogen (secondary N) is 1. The van der Waals surface area contributed by atoms with E-state index in [1.807, 2.05) is 42.5 Å². The van der Waals surface area contributed by atoms with E-state index in [0.717, 1.165) is 23.6 Å². The fourth-order valence-electron chi connectivity index (χ4n) is 4.48. The third-order valence-corrected chi connectivity index (χ3v) is 6.56. The van der Waals surface area contributed by atoms with Crippen LogP contribution in [-0.2, 0) is 11.3 Å². The number of carbonyl (C=O) groups is 1. The van der Waals surface area contributed by atoms with E-state index < -0.39 is 0 Å². The van der Waals surface area contributed by atoms with Crippen molar-refractivity contribution in [2.75, 3.05) is 32.6 Å². The van der Waals surface area contributed by atoms with E-state index in [1.165, 1.54) is 5.56 Å². The van der Waals surface area contributed by atoms with Crippen LogP contribution in [0.1, 0.15) is 23.5 Å². The highest BCUT2D eigenvalue weighted by Gasteiger charge is 2.33. The molecule has 1 aliphatic heterocycles. The van der Waals surface area contributed by atoms with Gasteiger partial charge in [0.15, 0.2) is 0 Å². The first-order valence-electron chi connectivity index (χ1n) is 11.1.